The first-order valence-corrected chi connectivity index (χ1v) is 16.9. The molecule has 4 fully saturated rings. The first-order valence-electron chi connectivity index (χ1n) is 16.5. The van der Waals surface area contributed by atoms with E-state index in [0.717, 1.165) is 57.3 Å². The summed E-state index contributed by atoms with van der Waals surface area (Å²) >= 11 is 5.60. The summed E-state index contributed by atoms with van der Waals surface area (Å²) in [6.45, 7) is 8.90. The number of ether oxygens (including phenoxy) is 1. The minimum atomic E-state index is -0.740. The number of hydrogen-bond acceptors (Lipinski definition) is 5. The fourth-order valence-electron chi connectivity index (χ4n) is 9.59. The van der Waals surface area contributed by atoms with E-state index in [1.807, 2.05) is 52.0 Å². The Hall–Kier alpha value is -3.51. The van der Waals surface area contributed by atoms with Gasteiger partial charge in [0.2, 0.25) is 0 Å². The lowest BCUT2D eigenvalue weighted by Gasteiger charge is -2.40. The Kier molecular flexibility index (Phi) is 9.13. The maximum atomic E-state index is 14.2. The van der Waals surface area contributed by atoms with Gasteiger partial charge in [-0.1, -0.05) is 5.92 Å². The first kappa shape index (κ1) is 32.4. The highest BCUT2D eigenvalue weighted by Crippen LogP contribution is 2.53. The molecule has 6 rings (SSSR count). The lowest BCUT2D eigenvalue weighted by Crippen LogP contribution is -2.41. The zero-order valence-electron chi connectivity index (χ0n) is 27.1. The van der Waals surface area contributed by atoms with E-state index in [1.165, 1.54) is 0 Å². The second kappa shape index (κ2) is 12.9. The molecule has 0 N–H and O–H groups in total. The number of carbonyl (C=O) groups is 4. The number of benzene rings is 2. The summed E-state index contributed by atoms with van der Waals surface area (Å²) in [5, 5.41) is 2.40. The lowest BCUT2D eigenvalue weighted by molar-refractivity contribution is -0.137. The Morgan fingerprint density at radius 1 is 0.804 bits per heavy atom. The minimum Gasteiger partial charge on any atom is -0.381 e. The normalized spacial score (nSPS) is 31.0. The van der Waals surface area contributed by atoms with Crippen molar-refractivity contribution in [1.29, 1.82) is 0 Å². The van der Waals surface area contributed by atoms with Crippen LogP contribution in [0.3, 0.4) is 0 Å². The van der Waals surface area contributed by atoms with Gasteiger partial charge in [0.15, 0.2) is 11.6 Å². The van der Waals surface area contributed by atoms with Crippen LogP contribution in [0.25, 0.3) is 0 Å². The molecule has 1 aliphatic heterocycles. The van der Waals surface area contributed by atoms with Gasteiger partial charge in [-0.3, -0.25) is 19.2 Å². The molecule has 4 aliphatic rings. The number of ketones is 4. The second-order valence-electron chi connectivity index (χ2n) is 14.3. The number of carbonyl (C=O) groups excluding carboxylic acids is 4. The smallest absolute Gasteiger partial charge is 0.151 e. The van der Waals surface area contributed by atoms with E-state index in [1.54, 1.807) is 0 Å². The molecule has 2 aromatic rings. The highest BCUT2D eigenvalue weighted by atomic mass is 35.5. The van der Waals surface area contributed by atoms with Crippen LogP contribution in [0.5, 0.6) is 0 Å². The van der Waals surface area contributed by atoms with E-state index in [0.29, 0.717) is 38.9 Å². The van der Waals surface area contributed by atoms with Gasteiger partial charge >= 0.3 is 0 Å². The lowest BCUT2D eigenvalue weighted by atomic mass is 9.66. The topological polar surface area (TPSA) is 77.5 Å². The van der Waals surface area contributed by atoms with Crippen molar-refractivity contribution >= 4 is 34.7 Å². The average molecular weight is 637 g/mol. The molecule has 3 aliphatic carbocycles. The molecule has 238 valence electrons. The van der Waals surface area contributed by atoms with Crippen LogP contribution < -0.4 is 0 Å². The molecule has 6 atom stereocenters. The van der Waals surface area contributed by atoms with E-state index >= 15 is 0 Å². The number of Topliss-reactive ketones (excluding diaryl/α,β-unsaturated/α-hetero) is 4. The summed E-state index contributed by atoms with van der Waals surface area (Å²) in [4.78, 5) is 55.2. The summed E-state index contributed by atoms with van der Waals surface area (Å²) in [6.07, 6.45) is 9.27. The van der Waals surface area contributed by atoms with E-state index in [2.05, 4.69) is 17.2 Å². The molecule has 46 heavy (non-hydrogen) atoms. The monoisotopic (exact) mass is 636 g/mol. The number of terminal acetylenes is 1. The zero-order chi connectivity index (χ0) is 32.9. The van der Waals surface area contributed by atoms with Gasteiger partial charge < -0.3 is 4.74 Å². The third-order valence-electron chi connectivity index (χ3n) is 11.4. The van der Waals surface area contributed by atoms with Gasteiger partial charge in [0, 0.05) is 54.4 Å². The Bertz CT molecular complexity index is 1670. The van der Waals surface area contributed by atoms with Crippen LogP contribution in [-0.4, -0.2) is 36.3 Å². The highest BCUT2D eigenvalue weighted by Gasteiger charge is 2.55. The van der Waals surface area contributed by atoms with Gasteiger partial charge in [-0.25, -0.2) is 0 Å². The summed E-state index contributed by atoms with van der Waals surface area (Å²) in [5.41, 5.74) is 6.69. The van der Waals surface area contributed by atoms with Crippen molar-refractivity contribution in [1.82, 2.24) is 0 Å². The molecule has 0 aromatic heterocycles. The molecule has 0 spiro atoms. The van der Waals surface area contributed by atoms with Crippen LogP contribution in [0.2, 0.25) is 0 Å². The van der Waals surface area contributed by atoms with E-state index in [-0.39, 0.29) is 58.6 Å². The standard InChI is InChI=1S/C40H41ClO5/c1-6-25-11-21(2)36(22(3)12-25)38-39(44)29-18-30(31(19-29)40(38)45)32-20-46-10-8-28(32)15-27-16-33(42)37(34(43)17-27)35-23(4)13-26(7-9-41)14-24(35)5/h1,11-14,27-32,37-38H,8,10,15-20H2,2-5H3/t27?,28?,29-,30?,31?,32?,37?,38+/m0/s1. The van der Waals surface area contributed by atoms with Gasteiger partial charge in [0.05, 0.1) is 0 Å². The molecular formula is C40H41ClO5. The SMILES string of the molecule is C#Cc1cc(C)c([C@H]2C(=O)C3C[C@H](CC3C3COCCC3CC3CC(=O)C(c4c(C)cc(C#CCl)cc4C)C(=O)C3)C2=O)c(C)c1. The van der Waals surface area contributed by atoms with Crippen molar-refractivity contribution < 1.29 is 23.9 Å². The molecule has 6 heteroatoms. The van der Waals surface area contributed by atoms with Crippen LogP contribution in [0.15, 0.2) is 24.3 Å². The van der Waals surface area contributed by atoms with Gasteiger partial charge in [-0.2, -0.15) is 0 Å². The number of aryl methyl sites for hydroxylation is 4. The molecule has 4 unspecified atom stereocenters. The van der Waals surface area contributed by atoms with Crippen LogP contribution >= 0.6 is 11.6 Å². The third-order valence-corrected chi connectivity index (χ3v) is 11.5. The van der Waals surface area contributed by atoms with E-state index < -0.39 is 11.8 Å². The van der Waals surface area contributed by atoms with Crippen molar-refractivity contribution in [2.24, 2.45) is 35.5 Å². The largest absolute Gasteiger partial charge is 0.381 e. The minimum absolute atomic E-state index is 0.0193. The zero-order valence-corrected chi connectivity index (χ0v) is 27.8. The maximum Gasteiger partial charge on any atom is 0.151 e. The molecule has 0 amide bonds. The first-order chi connectivity index (χ1) is 22.0. The van der Waals surface area contributed by atoms with Crippen molar-refractivity contribution in [3.05, 3.63) is 68.8 Å². The predicted molar refractivity (Wildman–Crippen MR) is 177 cm³/mol. The number of fused-ring (bicyclic) bond motifs is 2. The van der Waals surface area contributed by atoms with Gasteiger partial charge in [-0.05, 0) is 152 Å². The van der Waals surface area contributed by atoms with Crippen molar-refractivity contribution in [2.45, 2.75) is 78.1 Å². The van der Waals surface area contributed by atoms with E-state index in [4.69, 9.17) is 22.8 Å². The van der Waals surface area contributed by atoms with Gasteiger partial charge in [0.25, 0.3) is 0 Å². The average Bonchev–Trinajstić information content (AvgIpc) is 3.41. The number of rotatable bonds is 5. The van der Waals surface area contributed by atoms with Crippen molar-refractivity contribution in [2.75, 3.05) is 13.2 Å². The van der Waals surface area contributed by atoms with Gasteiger partial charge in [-0.15, -0.1) is 6.42 Å². The van der Waals surface area contributed by atoms with Crippen LogP contribution in [0.4, 0.5) is 0 Å². The Labute approximate surface area is 277 Å². The molecule has 2 bridgehead atoms. The second-order valence-corrected chi connectivity index (χ2v) is 14.4. The van der Waals surface area contributed by atoms with Crippen LogP contribution in [-0.2, 0) is 23.9 Å². The molecule has 5 nitrogen and oxygen atoms in total. The highest BCUT2D eigenvalue weighted by molar-refractivity contribution is 6.30. The number of halogens is 1. The molecule has 2 aromatic carbocycles. The summed E-state index contributed by atoms with van der Waals surface area (Å²) in [5.74, 6) is 4.13. The van der Waals surface area contributed by atoms with Gasteiger partial charge in [0.1, 0.15) is 23.4 Å². The maximum absolute atomic E-state index is 14.2. The Balaban J connectivity index is 1.19. The Morgan fingerprint density at radius 2 is 1.39 bits per heavy atom. The van der Waals surface area contributed by atoms with Crippen molar-refractivity contribution in [3.8, 4) is 23.6 Å². The van der Waals surface area contributed by atoms with Crippen molar-refractivity contribution in [3.63, 3.8) is 0 Å². The molecule has 1 heterocycles. The van der Waals surface area contributed by atoms with Crippen LogP contribution in [0.1, 0.15) is 94.9 Å². The molecule has 1 saturated heterocycles. The fourth-order valence-corrected chi connectivity index (χ4v) is 9.70. The number of hydrogen-bond donors (Lipinski definition) is 0. The summed E-state index contributed by atoms with van der Waals surface area (Å²) in [6, 6.07) is 7.57. The summed E-state index contributed by atoms with van der Waals surface area (Å²) < 4.78 is 6.00. The molecular weight excluding hydrogens is 596 g/mol. The predicted octanol–water partition coefficient (Wildman–Crippen LogP) is 6.70. The Morgan fingerprint density at radius 3 is 1.98 bits per heavy atom. The molecule has 0 radical (unpaired) electrons. The third kappa shape index (κ3) is 5.78. The molecule has 3 saturated carbocycles. The quantitative estimate of drug-likeness (QED) is 0.270. The van der Waals surface area contributed by atoms with E-state index in [9.17, 15) is 19.2 Å². The fraction of sp³-hybridized carbons (Fsp3) is 0.500. The van der Waals surface area contributed by atoms with Crippen LogP contribution in [0, 0.1) is 86.8 Å². The summed E-state index contributed by atoms with van der Waals surface area (Å²) in [7, 11) is 0.